The van der Waals surface area contributed by atoms with Crippen molar-refractivity contribution in [1.29, 1.82) is 0 Å². The van der Waals surface area contributed by atoms with Crippen LogP contribution in [0.3, 0.4) is 0 Å². The molecule has 0 radical (unpaired) electrons. The summed E-state index contributed by atoms with van der Waals surface area (Å²) >= 11 is 6.36. The monoisotopic (exact) mass is 885 g/mol. The number of carbonyl (C=O) groups is 1. The molecule has 1 aromatic carbocycles. The number of hydrogen-bond donors (Lipinski definition) is 3. The second-order valence-corrected chi connectivity index (χ2v) is 16.1. The van der Waals surface area contributed by atoms with E-state index >= 15 is 0 Å². The van der Waals surface area contributed by atoms with Gasteiger partial charge in [0.15, 0.2) is 0 Å². The number of nitrogens with two attached hydrogens (primary N) is 1. The Morgan fingerprint density at radius 2 is 1.47 bits per heavy atom. The van der Waals surface area contributed by atoms with E-state index in [9.17, 15) is 9.18 Å². The Bertz CT molecular complexity index is 2040. The Morgan fingerprint density at radius 1 is 0.871 bits per heavy atom. The van der Waals surface area contributed by atoms with E-state index in [2.05, 4.69) is 25.7 Å². The summed E-state index contributed by atoms with van der Waals surface area (Å²) in [6.07, 6.45) is 7.97. The predicted octanol–water partition coefficient (Wildman–Crippen LogP) is 6.89. The van der Waals surface area contributed by atoms with Crippen molar-refractivity contribution >= 4 is 40.4 Å². The van der Waals surface area contributed by atoms with Crippen molar-refractivity contribution in [3.63, 3.8) is 0 Å². The van der Waals surface area contributed by atoms with E-state index in [1.807, 2.05) is 46.0 Å². The van der Waals surface area contributed by atoms with Gasteiger partial charge in [0, 0.05) is 54.8 Å². The standard InChI is InChI=1S/C44H61ClFN7O9/c1-30-24-40(61-23-22-60-21-20-59-19-18-58-17-16-57-15-14-56-13-12-55-5)48-27-35(30)31-25-39-41(50-33-7-9-34(10-8-33)51-43(54)62-44(2,3)4)36(28-49-53(39)29-31)42(47)52-38-26-32(46)6-11-37(38)45/h6,11,24-29,33-34,50H,7-10,12-23H2,1-5H3,(H2,47,52)(H,51,54)/t33-,34-. The third-order valence-electron chi connectivity index (χ3n) is 9.65. The van der Waals surface area contributed by atoms with Crippen molar-refractivity contribution in [2.75, 3.05) is 91.7 Å². The van der Waals surface area contributed by atoms with Crippen molar-refractivity contribution in [2.24, 2.45) is 10.7 Å². The number of fused-ring (bicyclic) bond motifs is 1. The number of hydrogen-bond acceptors (Lipinski definition) is 13. The summed E-state index contributed by atoms with van der Waals surface area (Å²) in [5.41, 5.74) is 11.0. The lowest BCUT2D eigenvalue weighted by molar-refractivity contribution is -0.0159. The molecular weight excluding hydrogens is 825 g/mol. The number of aryl methyl sites for hydroxylation is 1. The number of aromatic nitrogens is 3. The zero-order valence-electron chi connectivity index (χ0n) is 36.4. The van der Waals surface area contributed by atoms with Crippen molar-refractivity contribution in [3.8, 4) is 17.0 Å². The number of alkyl carbamates (subject to hydrolysis) is 1. The van der Waals surface area contributed by atoms with Crippen LogP contribution >= 0.6 is 11.6 Å². The maximum absolute atomic E-state index is 14.2. The number of nitrogens with zero attached hydrogens (tertiary/aromatic N) is 4. The Kier molecular flexibility index (Phi) is 19.4. The molecule has 0 saturated heterocycles. The van der Waals surface area contributed by atoms with E-state index in [-0.39, 0.29) is 28.6 Å². The first-order valence-corrected chi connectivity index (χ1v) is 21.3. The van der Waals surface area contributed by atoms with Gasteiger partial charge in [0.2, 0.25) is 5.88 Å². The lowest BCUT2D eigenvalue weighted by Gasteiger charge is -2.31. The molecule has 18 heteroatoms. The Hall–Kier alpha value is -4.62. The Morgan fingerprint density at radius 3 is 2.06 bits per heavy atom. The second kappa shape index (κ2) is 24.9. The molecule has 62 heavy (non-hydrogen) atoms. The van der Waals surface area contributed by atoms with E-state index in [0.29, 0.717) is 96.4 Å². The lowest BCUT2D eigenvalue weighted by atomic mass is 9.91. The van der Waals surface area contributed by atoms with Crippen LogP contribution < -0.4 is 21.1 Å². The van der Waals surface area contributed by atoms with Crippen LogP contribution in [0.15, 0.2) is 53.9 Å². The highest BCUT2D eigenvalue weighted by atomic mass is 35.5. The molecule has 1 amide bonds. The molecule has 1 saturated carbocycles. The quantitative estimate of drug-likeness (QED) is 0.0356. The Labute approximate surface area is 367 Å². The average molecular weight is 886 g/mol. The summed E-state index contributed by atoms with van der Waals surface area (Å²) in [6, 6.07) is 7.89. The number of carbonyl (C=O) groups excluding carboxylic acids is 1. The number of halogens is 2. The molecule has 0 spiro atoms. The van der Waals surface area contributed by atoms with Gasteiger partial charge in [0.05, 0.1) is 106 Å². The topological polar surface area (TPSA) is 184 Å². The number of amidine groups is 1. The number of benzene rings is 1. The van der Waals surface area contributed by atoms with Crippen LogP contribution in [0.4, 0.5) is 20.6 Å². The number of methoxy groups -OCH3 is 1. The fourth-order valence-electron chi connectivity index (χ4n) is 6.61. The number of rotatable bonds is 25. The highest BCUT2D eigenvalue weighted by molar-refractivity contribution is 6.33. The van der Waals surface area contributed by atoms with Crippen molar-refractivity contribution in [3.05, 3.63) is 70.9 Å². The van der Waals surface area contributed by atoms with Crippen LogP contribution in [0.5, 0.6) is 5.88 Å². The second-order valence-electron chi connectivity index (χ2n) is 15.7. The van der Waals surface area contributed by atoms with Gasteiger partial charge in [-0.25, -0.2) is 23.7 Å². The predicted molar refractivity (Wildman–Crippen MR) is 235 cm³/mol. The van der Waals surface area contributed by atoms with Crippen LogP contribution in [0.25, 0.3) is 16.6 Å². The third-order valence-corrected chi connectivity index (χ3v) is 9.97. The normalized spacial score (nSPS) is 15.8. The highest BCUT2D eigenvalue weighted by Crippen LogP contribution is 2.34. The molecule has 0 bridgehead atoms. The number of ether oxygens (including phenoxy) is 8. The molecule has 0 unspecified atom stereocenters. The molecule has 1 fully saturated rings. The van der Waals surface area contributed by atoms with Crippen molar-refractivity contribution < 1.29 is 47.1 Å². The summed E-state index contributed by atoms with van der Waals surface area (Å²) in [5, 5.41) is 11.7. The Balaban J connectivity index is 1.14. The van der Waals surface area contributed by atoms with E-state index in [4.69, 9.17) is 55.2 Å². The minimum absolute atomic E-state index is 0.00660. The molecular formula is C44H61ClFN7O9. The van der Waals surface area contributed by atoms with Crippen LogP contribution in [0, 0.1) is 12.7 Å². The van der Waals surface area contributed by atoms with E-state index in [1.54, 1.807) is 24.0 Å². The minimum Gasteiger partial charge on any atom is -0.475 e. The maximum Gasteiger partial charge on any atom is 0.407 e. The van der Waals surface area contributed by atoms with Crippen LogP contribution in [0.1, 0.15) is 57.6 Å². The van der Waals surface area contributed by atoms with E-state index in [0.717, 1.165) is 47.9 Å². The van der Waals surface area contributed by atoms with Gasteiger partial charge in [0.25, 0.3) is 0 Å². The van der Waals surface area contributed by atoms with Gasteiger partial charge in [-0.15, -0.1) is 0 Å². The van der Waals surface area contributed by atoms with E-state index in [1.165, 1.54) is 18.2 Å². The van der Waals surface area contributed by atoms with Crippen LogP contribution in [0.2, 0.25) is 5.02 Å². The first kappa shape index (κ1) is 48.4. The molecule has 3 heterocycles. The van der Waals surface area contributed by atoms with Gasteiger partial charge >= 0.3 is 6.09 Å². The molecule has 340 valence electrons. The maximum atomic E-state index is 14.2. The summed E-state index contributed by atoms with van der Waals surface area (Å²) in [5.74, 6) is 0.117. The molecule has 0 aliphatic heterocycles. The van der Waals surface area contributed by atoms with Crippen LogP contribution in [-0.4, -0.2) is 131 Å². The fourth-order valence-corrected chi connectivity index (χ4v) is 6.77. The van der Waals surface area contributed by atoms with E-state index < -0.39 is 17.5 Å². The number of amides is 1. The zero-order valence-corrected chi connectivity index (χ0v) is 37.1. The zero-order chi connectivity index (χ0) is 44.3. The van der Waals surface area contributed by atoms with Gasteiger partial charge in [-0.3, -0.25) is 0 Å². The van der Waals surface area contributed by atoms with Gasteiger partial charge in [-0.2, -0.15) is 5.10 Å². The molecule has 1 aliphatic rings. The number of pyridine rings is 1. The number of nitrogens with one attached hydrogen (secondary N) is 2. The molecule has 16 nitrogen and oxygen atoms in total. The summed E-state index contributed by atoms with van der Waals surface area (Å²) < 4.78 is 59.7. The van der Waals surface area contributed by atoms with Gasteiger partial charge < -0.3 is 54.3 Å². The van der Waals surface area contributed by atoms with Gasteiger partial charge in [-0.05, 0) is 77.1 Å². The highest BCUT2D eigenvalue weighted by Gasteiger charge is 2.27. The number of anilines is 1. The van der Waals surface area contributed by atoms with Crippen molar-refractivity contribution in [2.45, 2.75) is 71.1 Å². The van der Waals surface area contributed by atoms with Gasteiger partial charge in [0.1, 0.15) is 23.9 Å². The lowest BCUT2D eigenvalue weighted by Crippen LogP contribution is -2.42. The first-order chi connectivity index (χ1) is 29.9. The summed E-state index contributed by atoms with van der Waals surface area (Å²) in [7, 11) is 1.64. The third kappa shape index (κ3) is 15.9. The molecule has 4 aromatic rings. The number of aliphatic imine (C=N–C) groups is 1. The molecule has 3 aromatic heterocycles. The van der Waals surface area contributed by atoms with Crippen LogP contribution in [-0.2, 0) is 33.2 Å². The molecule has 1 aliphatic carbocycles. The minimum atomic E-state index is -0.577. The summed E-state index contributed by atoms with van der Waals surface area (Å²) in [6.45, 7) is 13.2. The van der Waals surface area contributed by atoms with Crippen molar-refractivity contribution in [1.82, 2.24) is 19.9 Å². The largest absolute Gasteiger partial charge is 0.475 e. The molecule has 4 N–H and O–H groups in total. The first-order valence-electron chi connectivity index (χ1n) is 20.9. The average Bonchev–Trinajstić information content (AvgIpc) is 3.66. The fraction of sp³-hybridized carbons (Fsp3) is 0.545. The SMILES string of the molecule is COCCOCCOCCOCCOCCOCCOc1cc(C)c(-c2cc3c(N[C@H]4CC[C@H](NC(=O)OC(C)(C)C)CC4)c(C(N)=Nc4cc(F)ccc4Cl)cnn3c2)cn1. The smallest absolute Gasteiger partial charge is 0.407 e. The van der Waals surface area contributed by atoms with Gasteiger partial charge in [-0.1, -0.05) is 11.6 Å². The molecule has 5 rings (SSSR count). The molecule has 0 atom stereocenters. The summed E-state index contributed by atoms with van der Waals surface area (Å²) in [4.78, 5) is 21.5.